The van der Waals surface area contributed by atoms with Crippen LogP contribution >= 0.6 is 0 Å². The van der Waals surface area contributed by atoms with Gasteiger partial charge < -0.3 is 0 Å². The summed E-state index contributed by atoms with van der Waals surface area (Å²) in [6.45, 7) is 7.27. The van der Waals surface area contributed by atoms with Crippen molar-refractivity contribution in [2.45, 2.75) is 13.8 Å². The average molecular weight is 133 g/mol. The Morgan fingerprint density at radius 3 is 2.50 bits per heavy atom. The van der Waals surface area contributed by atoms with Gasteiger partial charge in [0.05, 0.1) is 11.6 Å². The van der Waals surface area contributed by atoms with E-state index in [1.165, 1.54) is 0 Å². The van der Waals surface area contributed by atoms with E-state index in [0.29, 0.717) is 5.57 Å². The number of allylic oxidation sites excluding steroid dienone is 5. The van der Waals surface area contributed by atoms with Crippen molar-refractivity contribution < 1.29 is 0 Å². The molecule has 0 aromatic carbocycles. The van der Waals surface area contributed by atoms with Crippen LogP contribution in [-0.4, -0.2) is 0 Å². The van der Waals surface area contributed by atoms with Gasteiger partial charge in [-0.3, -0.25) is 0 Å². The van der Waals surface area contributed by atoms with Crippen LogP contribution in [0.5, 0.6) is 0 Å². The van der Waals surface area contributed by atoms with E-state index in [2.05, 4.69) is 12.6 Å². The second kappa shape index (κ2) is 4.58. The van der Waals surface area contributed by atoms with Crippen molar-refractivity contribution in [1.82, 2.24) is 0 Å². The molecule has 0 radical (unpaired) electrons. The molecule has 0 atom stereocenters. The summed E-state index contributed by atoms with van der Waals surface area (Å²) in [6, 6.07) is 2.08. The molecule has 0 saturated heterocycles. The van der Waals surface area contributed by atoms with E-state index in [4.69, 9.17) is 5.26 Å². The number of hydrogen-bond donors (Lipinski definition) is 0. The van der Waals surface area contributed by atoms with Crippen LogP contribution in [0.3, 0.4) is 0 Å². The van der Waals surface area contributed by atoms with Crippen molar-refractivity contribution in [2.24, 2.45) is 0 Å². The largest absolute Gasteiger partial charge is 0.192 e. The molecule has 0 N–H and O–H groups in total. The summed E-state index contributed by atoms with van der Waals surface area (Å²) in [6.07, 6.45) is 5.28. The van der Waals surface area contributed by atoms with E-state index in [1.54, 1.807) is 12.2 Å². The second-order valence-corrected chi connectivity index (χ2v) is 1.90. The fourth-order valence-electron chi connectivity index (χ4n) is 0.647. The van der Waals surface area contributed by atoms with Gasteiger partial charge >= 0.3 is 0 Å². The predicted molar refractivity (Wildman–Crippen MR) is 43.3 cm³/mol. The lowest BCUT2D eigenvalue weighted by atomic mass is 10.1. The highest BCUT2D eigenvalue weighted by Crippen LogP contribution is 2.06. The van der Waals surface area contributed by atoms with Crippen molar-refractivity contribution in [3.8, 4) is 6.07 Å². The quantitative estimate of drug-likeness (QED) is 0.419. The first-order valence-electron chi connectivity index (χ1n) is 3.12. The summed E-state index contributed by atoms with van der Waals surface area (Å²) < 4.78 is 0. The first-order chi connectivity index (χ1) is 4.76. The molecular formula is C9H11N. The Bertz CT molecular complexity index is 213. The van der Waals surface area contributed by atoms with Gasteiger partial charge in [-0.25, -0.2) is 0 Å². The van der Waals surface area contributed by atoms with E-state index in [0.717, 1.165) is 5.57 Å². The Hall–Kier alpha value is -1.29. The molecule has 52 valence electrons. The third-order valence-electron chi connectivity index (χ3n) is 1.20. The molecule has 0 unspecified atom stereocenters. The molecule has 0 saturated carbocycles. The lowest BCUT2D eigenvalue weighted by molar-refractivity contribution is 1.38. The lowest BCUT2D eigenvalue weighted by Crippen LogP contribution is -1.78. The highest BCUT2D eigenvalue weighted by molar-refractivity contribution is 5.41. The Morgan fingerprint density at radius 2 is 2.20 bits per heavy atom. The van der Waals surface area contributed by atoms with Gasteiger partial charge in [-0.2, -0.15) is 5.26 Å². The van der Waals surface area contributed by atoms with Gasteiger partial charge in [0, 0.05) is 0 Å². The van der Waals surface area contributed by atoms with Crippen LogP contribution in [0, 0.1) is 11.3 Å². The second-order valence-electron chi connectivity index (χ2n) is 1.90. The van der Waals surface area contributed by atoms with Gasteiger partial charge in [0.15, 0.2) is 0 Å². The molecule has 0 amide bonds. The Labute approximate surface area is 62.0 Å². The standard InChI is InChI=1S/C9H11N/c1-4-6-8(3)9(5-2)7-10/h4-6H,1H2,2-3H3/b8-6-,9-5+. The molecule has 0 aromatic rings. The van der Waals surface area contributed by atoms with Crippen molar-refractivity contribution in [3.63, 3.8) is 0 Å². The molecule has 0 aliphatic heterocycles. The van der Waals surface area contributed by atoms with E-state index in [-0.39, 0.29) is 0 Å². The molecule has 0 aromatic heterocycles. The maximum Gasteiger partial charge on any atom is 0.0990 e. The van der Waals surface area contributed by atoms with E-state index < -0.39 is 0 Å². The van der Waals surface area contributed by atoms with Crippen LogP contribution in [0.2, 0.25) is 0 Å². The molecule has 10 heavy (non-hydrogen) atoms. The highest BCUT2D eigenvalue weighted by atomic mass is 14.2. The Morgan fingerprint density at radius 1 is 1.60 bits per heavy atom. The van der Waals surface area contributed by atoms with E-state index in [9.17, 15) is 0 Å². The normalized spacial score (nSPS) is 12.5. The fourth-order valence-corrected chi connectivity index (χ4v) is 0.647. The van der Waals surface area contributed by atoms with Gasteiger partial charge in [0.1, 0.15) is 0 Å². The van der Waals surface area contributed by atoms with Gasteiger partial charge in [0.2, 0.25) is 0 Å². The molecular weight excluding hydrogens is 122 g/mol. The van der Waals surface area contributed by atoms with Gasteiger partial charge in [0.25, 0.3) is 0 Å². The molecule has 0 aliphatic rings. The predicted octanol–water partition coefficient (Wildman–Crippen LogP) is 2.59. The van der Waals surface area contributed by atoms with Gasteiger partial charge in [-0.05, 0) is 19.4 Å². The van der Waals surface area contributed by atoms with Gasteiger partial charge in [-0.1, -0.05) is 24.8 Å². The minimum Gasteiger partial charge on any atom is -0.192 e. The smallest absolute Gasteiger partial charge is 0.0990 e. The molecule has 1 heteroatoms. The highest BCUT2D eigenvalue weighted by Gasteiger charge is 1.92. The topological polar surface area (TPSA) is 23.8 Å². The van der Waals surface area contributed by atoms with E-state index >= 15 is 0 Å². The first kappa shape index (κ1) is 8.71. The molecule has 1 nitrogen and oxygen atoms in total. The van der Waals surface area contributed by atoms with Crippen LogP contribution in [-0.2, 0) is 0 Å². The fraction of sp³-hybridized carbons (Fsp3) is 0.222. The molecule has 0 heterocycles. The Kier molecular flexibility index (Phi) is 3.99. The van der Waals surface area contributed by atoms with Crippen LogP contribution in [0.25, 0.3) is 0 Å². The number of nitriles is 1. The Balaban J connectivity index is 4.51. The third kappa shape index (κ3) is 2.32. The summed E-state index contributed by atoms with van der Waals surface area (Å²) in [5, 5.41) is 8.53. The monoisotopic (exact) mass is 133 g/mol. The maximum atomic E-state index is 8.53. The zero-order valence-electron chi connectivity index (χ0n) is 6.39. The summed E-state index contributed by atoms with van der Waals surface area (Å²) >= 11 is 0. The molecule has 0 rings (SSSR count). The van der Waals surface area contributed by atoms with Crippen molar-refractivity contribution in [3.05, 3.63) is 36.0 Å². The van der Waals surface area contributed by atoms with Crippen LogP contribution in [0.4, 0.5) is 0 Å². The SMILES string of the molecule is C=C/C=C(C)\C(C#N)=C\C. The molecule has 0 fully saturated rings. The number of nitrogens with zero attached hydrogens (tertiary/aromatic N) is 1. The van der Waals surface area contributed by atoms with Crippen LogP contribution < -0.4 is 0 Å². The van der Waals surface area contributed by atoms with E-state index in [1.807, 2.05) is 19.9 Å². The molecule has 0 bridgehead atoms. The summed E-state index contributed by atoms with van der Waals surface area (Å²) in [5.41, 5.74) is 1.67. The van der Waals surface area contributed by atoms with Crippen LogP contribution in [0.15, 0.2) is 36.0 Å². The zero-order chi connectivity index (χ0) is 7.98. The van der Waals surface area contributed by atoms with Crippen molar-refractivity contribution in [1.29, 1.82) is 5.26 Å². The summed E-state index contributed by atoms with van der Waals surface area (Å²) in [4.78, 5) is 0. The lowest BCUT2D eigenvalue weighted by Gasteiger charge is -1.92. The number of hydrogen-bond acceptors (Lipinski definition) is 1. The zero-order valence-corrected chi connectivity index (χ0v) is 6.39. The van der Waals surface area contributed by atoms with Crippen LogP contribution in [0.1, 0.15) is 13.8 Å². The summed E-state index contributed by atoms with van der Waals surface area (Å²) in [7, 11) is 0. The molecule has 0 spiro atoms. The van der Waals surface area contributed by atoms with Crippen molar-refractivity contribution in [2.75, 3.05) is 0 Å². The molecule has 0 aliphatic carbocycles. The summed E-state index contributed by atoms with van der Waals surface area (Å²) in [5.74, 6) is 0. The third-order valence-corrected chi connectivity index (χ3v) is 1.20. The van der Waals surface area contributed by atoms with Crippen molar-refractivity contribution >= 4 is 0 Å². The minimum absolute atomic E-state index is 0.708. The van der Waals surface area contributed by atoms with Gasteiger partial charge in [-0.15, -0.1) is 0 Å². The number of rotatable bonds is 2. The average Bonchev–Trinajstić information content (AvgIpc) is 1.91. The maximum absolute atomic E-state index is 8.53. The first-order valence-corrected chi connectivity index (χ1v) is 3.12. The minimum atomic E-state index is 0.708.